The van der Waals surface area contributed by atoms with Gasteiger partial charge >= 0.3 is 35.7 Å². The molecule has 1 saturated heterocycles. The van der Waals surface area contributed by atoms with Gasteiger partial charge in [0.1, 0.15) is 12.0 Å². The van der Waals surface area contributed by atoms with E-state index in [1.165, 1.54) is 30.2 Å². The molecule has 3 amide bonds. The van der Waals surface area contributed by atoms with Crippen LogP contribution >= 0.6 is 23.1 Å². The number of carbonyl (C=O) groups is 4. The zero-order valence-corrected chi connectivity index (χ0v) is 19.3. The Morgan fingerprint density at radius 3 is 2.72 bits per heavy atom. The third-order valence-corrected chi connectivity index (χ3v) is 6.39. The Hall–Kier alpha value is -1.57. The molecule has 2 aliphatic heterocycles. The number of nitrogens with zero attached hydrogens (tertiary/aromatic N) is 1. The number of carboxylic acid groups (broad SMARTS) is 1. The van der Waals surface area contributed by atoms with Crippen molar-refractivity contribution in [1.29, 1.82) is 0 Å². The number of nitrogens with one attached hydrogen (secondary N) is 1. The number of thioether (sulfide) groups is 1. The molecule has 0 unspecified atom stereocenters. The molecule has 13 heteroatoms. The van der Waals surface area contributed by atoms with Crippen LogP contribution in [0.1, 0.15) is 5.56 Å². The van der Waals surface area contributed by atoms with Crippen molar-refractivity contribution >= 4 is 47.0 Å². The van der Waals surface area contributed by atoms with Gasteiger partial charge < -0.3 is 30.4 Å². The number of aliphatic carboxylic acids is 1. The molecule has 29 heavy (non-hydrogen) atoms. The summed E-state index contributed by atoms with van der Waals surface area (Å²) in [7, 11) is 1.26. The van der Waals surface area contributed by atoms with Crippen LogP contribution < -0.4 is 45.7 Å². The number of fused-ring (bicyclic) bond motifs is 1. The number of rotatable bonds is 7. The summed E-state index contributed by atoms with van der Waals surface area (Å²) in [6, 6.07) is 1.79. The summed E-state index contributed by atoms with van der Waals surface area (Å²) in [6.07, 6.45) is -1.01. The normalized spacial score (nSPS) is 22.9. The fraction of sp³-hybridized carbons (Fsp3) is 0.375. The smallest absolute Gasteiger partial charge is 0.543 e. The second-order valence-electron chi connectivity index (χ2n) is 5.98. The number of carbonyl (C=O) groups excluding carboxylic acids is 4. The molecule has 1 fully saturated rings. The van der Waals surface area contributed by atoms with Crippen molar-refractivity contribution in [3.05, 3.63) is 33.7 Å². The van der Waals surface area contributed by atoms with Gasteiger partial charge in [-0.1, -0.05) is 0 Å². The predicted molar refractivity (Wildman–Crippen MR) is 96.6 cm³/mol. The summed E-state index contributed by atoms with van der Waals surface area (Å²) in [5, 5.41) is 17.0. The Kier molecular flexibility index (Phi) is 7.76. The van der Waals surface area contributed by atoms with Gasteiger partial charge in [0, 0.05) is 18.4 Å². The summed E-state index contributed by atoms with van der Waals surface area (Å²) in [5.41, 5.74) is 3.77. The van der Waals surface area contributed by atoms with Crippen LogP contribution in [0.5, 0.6) is 0 Å². The van der Waals surface area contributed by atoms with Crippen molar-refractivity contribution in [3.63, 3.8) is 0 Å². The standard InChI is InChI=1S/C16H17N3O7S2.Na/c1-25-16(18-10(20)4-8-2-3-27-6-8)13(23)19-11(12(21)22)9(5-26-15(17)24)7-28-14(16)19;/h2-3,6,14H,4-5,7H2,1H3,(H2,17,24)(H,18,20)(H,21,22);/q;+1/p-1/t14-,16+;/m1./s1. The van der Waals surface area contributed by atoms with E-state index in [0.29, 0.717) is 0 Å². The van der Waals surface area contributed by atoms with Gasteiger partial charge in [-0.15, -0.1) is 11.8 Å². The summed E-state index contributed by atoms with van der Waals surface area (Å²) in [5.74, 6) is -2.66. The van der Waals surface area contributed by atoms with Crippen molar-refractivity contribution in [3.8, 4) is 0 Å². The number of carboxylic acids is 1. The van der Waals surface area contributed by atoms with Gasteiger partial charge in [0.15, 0.2) is 0 Å². The molecule has 0 radical (unpaired) electrons. The number of hydrogen-bond acceptors (Lipinski definition) is 9. The molecule has 0 bridgehead atoms. The minimum atomic E-state index is -1.69. The van der Waals surface area contributed by atoms with Crippen molar-refractivity contribution in [2.45, 2.75) is 17.5 Å². The molecule has 2 atom stereocenters. The third-order valence-electron chi connectivity index (χ3n) is 4.28. The number of primary amides is 1. The first-order chi connectivity index (χ1) is 13.3. The van der Waals surface area contributed by atoms with Crippen LogP contribution in [-0.2, 0) is 30.3 Å². The Labute approximate surface area is 196 Å². The quantitative estimate of drug-likeness (QED) is 0.241. The van der Waals surface area contributed by atoms with Crippen LogP contribution in [0.3, 0.4) is 0 Å². The minimum absolute atomic E-state index is 0. The Morgan fingerprint density at radius 2 is 2.17 bits per heavy atom. The first kappa shape index (κ1) is 23.7. The fourth-order valence-electron chi connectivity index (χ4n) is 3.03. The Bertz CT molecular complexity index is 861. The van der Waals surface area contributed by atoms with E-state index in [0.717, 1.165) is 10.5 Å². The van der Waals surface area contributed by atoms with Crippen molar-refractivity contribution in [2.75, 3.05) is 19.5 Å². The van der Waals surface area contributed by atoms with Gasteiger partial charge in [-0.2, -0.15) is 11.3 Å². The molecule has 150 valence electrons. The SMILES string of the molecule is CO[C@@]1(NC(=O)Cc2ccsc2)C(=O)N2C(C(=O)[O-])=C(COC(N)=O)CS[C@@H]21.[Na+]. The van der Waals surface area contributed by atoms with E-state index >= 15 is 0 Å². The van der Waals surface area contributed by atoms with E-state index in [2.05, 4.69) is 10.1 Å². The van der Waals surface area contributed by atoms with E-state index in [1.807, 2.05) is 10.8 Å². The van der Waals surface area contributed by atoms with Crippen LogP contribution in [0.2, 0.25) is 0 Å². The third kappa shape index (κ3) is 4.47. The number of thiophene rings is 1. The van der Waals surface area contributed by atoms with Crippen molar-refractivity contribution < 1.29 is 63.3 Å². The number of amides is 3. The average molecular weight is 449 g/mol. The molecular formula is C16H16N3NaO7S2. The molecule has 0 aliphatic carbocycles. The summed E-state index contributed by atoms with van der Waals surface area (Å²) in [4.78, 5) is 48.6. The number of methoxy groups -OCH3 is 1. The minimum Gasteiger partial charge on any atom is -0.543 e. The molecule has 1 aromatic heterocycles. The number of hydrogen-bond donors (Lipinski definition) is 2. The zero-order chi connectivity index (χ0) is 20.5. The molecular weight excluding hydrogens is 433 g/mol. The van der Waals surface area contributed by atoms with Crippen LogP contribution in [-0.4, -0.2) is 59.3 Å². The largest absolute Gasteiger partial charge is 1.00 e. The van der Waals surface area contributed by atoms with E-state index < -0.39 is 40.7 Å². The Balaban J connectivity index is 0.00000300. The average Bonchev–Trinajstić information content (AvgIpc) is 3.15. The Morgan fingerprint density at radius 1 is 1.45 bits per heavy atom. The molecule has 3 rings (SSSR count). The second-order valence-corrected chi connectivity index (χ2v) is 7.83. The maximum absolute atomic E-state index is 12.8. The summed E-state index contributed by atoms with van der Waals surface area (Å²) < 4.78 is 9.97. The maximum Gasteiger partial charge on any atom is 1.00 e. The van der Waals surface area contributed by atoms with Crippen molar-refractivity contribution in [2.24, 2.45) is 5.73 Å². The molecule has 10 nitrogen and oxygen atoms in total. The van der Waals surface area contributed by atoms with E-state index in [-0.39, 0.29) is 53.9 Å². The molecule has 1 aromatic rings. The monoisotopic (exact) mass is 449 g/mol. The van der Waals surface area contributed by atoms with Crippen molar-refractivity contribution in [1.82, 2.24) is 10.2 Å². The van der Waals surface area contributed by atoms with E-state index in [9.17, 15) is 24.3 Å². The van der Waals surface area contributed by atoms with Gasteiger partial charge in [0.05, 0.1) is 18.1 Å². The van der Waals surface area contributed by atoms with Crippen LogP contribution in [0, 0.1) is 0 Å². The second kappa shape index (κ2) is 9.49. The molecule has 0 saturated carbocycles. The number of β-lactam (4-membered cyclic amide) rings is 1. The fourth-order valence-corrected chi connectivity index (χ4v) is 5.12. The van der Waals surface area contributed by atoms with E-state index in [1.54, 1.807) is 6.07 Å². The van der Waals surface area contributed by atoms with Gasteiger partial charge in [-0.25, -0.2) is 4.79 Å². The molecule has 3 N–H and O–H groups in total. The molecule has 0 spiro atoms. The topological polar surface area (TPSA) is 151 Å². The van der Waals surface area contributed by atoms with Gasteiger partial charge in [0.25, 0.3) is 11.6 Å². The number of nitrogens with two attached hydrogens (primary N) is 1. The summed E-state index contributed by atoms with van der Waals surface area (Å²) >= 11 is 2.61. The molecule has 2 aliphatic rings. The van der Waals surface area contributed by atoms with Crippen LogP contribution in [0.15, 0.2) is 28.1 Å². The zero-order valence-electron chi connectivity index (χ0n) is 15.6. The van der Waals surface area contributed by atoms with E-state index in [4.69, 9.17) is 10.5 Å². The van der Waals surface area contributed by atoms with Crippen LogP contribution in [0.4, 0.5) is 4.79 Å². The van der Waals surface area contributed by atoms with Gasteiger partial charge in [-0.3, -0.25) is 14.5 Å². The predicted octanol–water partition coefficient (Wildman–Crippen LogP) is -4.23. The van der Waals surface area contributed by atoms with Crippen LogP contribution in [0.25, 0.3) is 0 Å². The van der Waals surface area contributed by atoms with Gasteiger partial charge in [-0.05, 0) is 22.4 Å². The molecule has 3 heterocycles. The maximum atomic E-state index is 12.8. The van der Waals surface area contributed by atoms with Gasteiger partial charge in [0.2, 0.25) is 5.91 Å². The summed E-state index contributed by atoms with van der Waals surface area (Å²) in [6.45, 7) is -0.382. The first-order valence-corrected chi connectivity index (χ1v) is 9.97. The first-order valence-electron chi connectivity index (χ1n) is 7.98. The number of ether oxygens (including phenoxy) is 2. The molecule has 0 aromatic carbocycles.